The van der Waals surface area contributed by atoms with Crippen LogP contribution in [0.2, 0.25) is 0 Å². The number of aryl methyl sites for hydroxylation is 1. The topological polar surface area (TPSA) is 61.6 Å². The second kappa shape index (κ2) is 6.51. The van der Waals surface area contributed by atoms with Crippen molar-refractivity contribution in [3.63, 3.8) is 0 Å². The standard InChI is InChI=1S/C15H22N4/c1-3-12-13(10-16)15(19-18-14(12)4-2)17-11-8-6-5-7-9-11/h11H,3-9H2,1-2H3,(H,17,19). The van der Waals surface area contributed by atoms with E-state index in [4.69, 9.17) is 0 Å². The molecule has 19 heavy (non-hydrogen) atoms. The van der Waals surface area contributed by atoms with Crippen LogP contribution in [-0.2, 0) is 12.8 Å². The van der Waals surface area contributed by atoms with E-state index < -0.39 is 0 Å². The van der Waals surface area contributed by atoms with E-state index in [2.05, 4.69) is 35.4 Å². The lowest BCUT2D eigenvalue weighted by molar-refractivity contribution is 0.461. The van der Waals surface area contributed by atoms with Crippen LogP contribution < -0.4 is 5.32 Å². The summed E-state index contributed by atoms with van der Waals surface area (Å²) < 4.78 is 0. The molecule has 0 aliphatic heterocycles. The van der Waals surface area contributed by atoms with E-state index in [0.717, 1.165) is 24.1 Å². The fourth-order valence-electron chi connectivity index (χ4n) is 2.83. The van der Waals surface area contributed by atoms with Gasteiger partial charge in [-0.1, -0.05) is 33.1 Å². The maximum Gasteiger partial charge on any atom is 0.167 e. The van der Waals surface area contributed by atoms with Gasteiger partial charge in [-0.25, -0.2) is 0 Å². The van der Waals surface area contributed by atoms with Crippen LogP contribution in [0.15, 0.2) is 0 Å². The Morgan fingerprint density at radius 2 is 1.89 bits per heavy atom. The molecule has 0 atom stereocenters. The number of aromatic nitrogens is 2. The molecule has 102 valence electrons. The zero-order valence-electron chi connectivity index (χ0n) is 11.9. The van der Waals surface area contributed by atoms with Crippen LogP contribution >= 0.6 is 0 Å². The van der Waals surface area contributed by atoms with Crippen molar-refractivity contribution in [1.29, 1.82) is 5.26 Å². The highest BCUT2D eigenvalue weighted by Crippen LogP contribution is 2.24. The third-order valence-electron chi connectivity index (χ3n) is 3.90. The molecule has 1 aromatic heterocycles. The summed E-state index contributed by atoms with van der Waals surface area (Å²) >= 11 is 0. The molecular formula is C15H22N4. The van der Waals surface area contributed by atoms with Crippen molar-refractivity contribution in [2.75, 3.05) is 5.32 Å². The van der Waals surface area contributed by atoms with Gasteiger partial charge in [0.1, 0.15) is 11.6 Å². The molecule has 0 aromatic carbocycles. The second-order valence-electron chi connectivity index (χ2n) is 5.15. The van der Waals surface area contributed by atoms with Gasteiger partial charge in [-0.3, -0.25) is 0 Å². The maximum atomic E-state index is 9.42. The van der Waals surface area contributed by atoms with Crippen molar-refractivity contribution in [1.82, 2.24) is 10.2 Å². The molecule has 0 amide bonds. The van der Waals surface area contributed by atoms with E-state index in [1.54, 1.807) is 0 Å². The lowest BCUT2D eigenvalue weighted by atomic mass is 9.95. The molecule has 1 aliphatic carbocycles. The Kier molecular flexibility index (Phi) is 4.73. The molecule has 1 aliphatic rings. The highest BCUT2D eigenvalue weighted by Gasteiger charge is 2.18. The third kappa shape index (κ3) is 3.04. The minimum absolute atomic E-state index is 0.451. The van der Waals surface area contributed by atoms with Gasteiger partial charge in [-0.05, 0) is 31.2 Å². The van der Waals surface area contributed by atoms with Gasteiger partial charge in [0.2, 0.25) is 0 Å². The summed E-state index contributed by atoms with van der Waals surface area (Å²) in [4.78, 5) is 0. The van der Waals surface area contributed by atoms with Crippen LogP contribution in [0.25, 0.3) is 0 Å². The van der Waals surface area contributed by atoms with Crippen LogP contribution in [0.4, 0.5) is 5.82 Å². The monoisotopic (exact) mass is 258 g/mol. The van der Waals surface area contributed by atoms with Crippen molar-refractivity contribution in [2.24, 2.45) is 0 Å². The van der Waals surface area contributed by atoms with E-state index in [0.29, 0.717) is 17.4 Å². The first-order valence-corrected chi connectivity index (χ1v) is 7.35. The highest BCUT2D eigenvalue weighted by molar-refractivity contribution is 5.56. The Labute approximate surface area is 115 Å². The van der Waals surface area contributed by atoms with Crippen LogP contribution in [0.1, 0.15) is 62.8 Å². The van der Waals surface area contributed by atoms with Gasteiger partial charge in [-0.15, -0.1) is 5.10 Å². The first-order valence-electron chi connectivity index (χ1n) is 7.35. The van der Waals surface area contributed by atoms with Gasteiger partial charge in [0.25, 0.3) is 0 Å². The van der Waals surface area contributed by atoms with Gasteiger partial charge < -0.3 is 5.32 Å². The number of nitrogens with one attached hydrogen (secondary N) is 1. The average Bonchev–Trinajstić information content (AvgIpc) is 2.47. The minimum Gasteiger partial charge on any atom is -0.365 e. The van der Waals surface area contributed by atoms with Gasteiger partial charge in [-0.2, -0.15) is 10.4 Å². The molecule has 0 radical (unpaired) electrons. The number of hydrogen-bond donors (Lipinski definition) is 1. The molecular weight excluding hydrogens is 236 g/mol. The van der Waals surface area contributed by atoms with Crippen LogP contribution in [-0.4, -0.2) is 16.2 Å². The van der Waals surface area contributed by atoms with Gasteiger partial charge in [0.15, 0.2) is 5.82 Å². The summed E-state index contributed by atoms with van der Waals surface area (Å²) in [6.45, 7) is 4.12. The number of nitriles is 1. The predicted molar refractivity (Wildman–Crippen MR) is 76.0 cm³/mol. The smallest absolute Gasteiger partial charge is 0.167 e. The van der Waals surface area contributed by atoms with Gasteiger partial charge >= 0.3 is 0 Å². The van der Waals surface area contributed by atoms with Crippen LogP contribution in [0.3, 0.4) is 0 Å². The van der Waals surface area contributed by atoms with Gasteiger partial charge in [0, 0.05) is 6.04 Å². The largest absolute Gasteiger partial charge is 0.365 e. The van der Waals surface area contributed by atoms with Crippen molar-refractivity contribution < 1.29 is 0 Å². The first kappa shape index (κ1) is 13.8. The molecule has 4 heteroatoms. The minimum atomic E-state index is 0.451. The van der Waals surface area contributed by atoms with E-state index in [-0.39, 0.29) is 0 Å². The normalized spacial score (nSPS) is 16.1. The molecule has 0 bridgehead atoms. The molecule has 0 saturated heterocycles. The van der Waals surface area contributed by atoms with E-state index in [9.17, 15) is 5.26 Å². The van der Waals surface area contributed by atoms with E-state index in [1.807, 2.05) is 0 Å². The first-order chi connectivity index (χ1) is 9.30. The summed E-state index contributed by atoms with van der Waals surface area (Å²) in [5, 5.41) is 21.4. The summed E-state index contributed by atoms with van der Waals surface area (Å²) in [7, 11) is 0. The number of hydrogen-bond acceptors (Lipinski definition) is 4. The Balaban J connectivity index is 2.27. The molecule has 1 fully saturated rings. The lowest BCUT2D eigenvalue weighted by Crippen LogP contribution is -2.24. The predicted octanol–water partition coefficient (Wildman–Crippen LogP) is 3.22. The summed E-state index contributed by atoms with van der Waals surface area (Å²) in [6, 6.07) is 2.77. The Morgan fingerprint density at radius 3 is 2.47 bits per heavy atom. The Bertz CT molecular complexity index is 470. The Hall–Kier alpha value is -1.63. The maximum absolute atomic E-state index is 9.42. The molecule has 2 rings (SSSR count). The SMILES string of the molecule is CCc1nnc(NC2CCCCC2)c(C#N)c1CC. The average molecular weight is 258 g/mol. The summed E-state index contributed by atoms with van der Waals surface area (Å²) in [5.41, 5.74) is 2.70. The van der Waals surface area contributed by atoms with Gasteiger partial charge in [0.05, 0.1) is 5.69 Å². The third-order valence-corrected chi connectivity index (χ3v) is 3.90. The van der Waals surface area contributed by atoms with E-state index in [1.165, 1.54) is 32.1 Å². The van der Waals surface area contributed by atoms with Crippen molar-refractivity contribution in [2.45, 2.75) is 64.8 Å². The molecule has 0 spiro atoms. The summed E-state index contributed by atoms with van der Waals surface area (Å²) in [6.07, 6.45) is 7.85. The molecule has 1 heterocycles. The van der Waals surface area contributed by atoms with Crippen LogP contribution in [0, 0.1) is 11.3 Å². The molecule has 4 nitrogen and oxygen atoms in total. The molecule has 1 aromatic rings. The van der Waals surface area contributed by atoms with Crippen LogP contribution in [0.5, 0.6) is 0 Å². The highest BCUT2D eigenvalue weighted by atomic mass is 15.2. The molecule has 1 N–H and O–H groups in total. The molecule has 1 saturated carbocycles. The fraction of sp³-hybridized carbons (Fsp3) is 0.667. The van der Waals surface area contributed by atoms with Crippen molar-refractivity contribution >= 4 is 5.82 Å². The number of rotatable bonds is 4. The quantitative estimate of drug-likeness (QED) is 0.900. The van der Waals surface area contributed by atoms with Crippen molar-refractivity contribution in [3.8, 4) is 6.07 Å². The van der Waals surface area contributed by atoms with Crippen molar-refractivity contribution in [3.05, 3.63) is 16.8 Å². The Morgan fingerprint density at radius 1 is 1.16 bits per heavy atom. The lowest BCUT2D eigenvalue weighted by Gasteiger charge is -2.24. The zero-order chi connectivity index (χ0) is 13.7. The number of nitrogens with zero attached hydrogens (tertiary/aromatic N) is 3. The second-order valence-corrected chi connectivity index (χ2v) is 5.15. The molecule has 0 unspecified atom stereocenters. The fourth-order valence-corrected chi connectivity index (χ4v) is 2.83. The van der Waals surface area contributed by atoms with E-state index >= 15 is 0 Å². The summed E-state index contributed by atoms with van der Waals surface area (Å²) in [5.74, 6) is 0.684. The number of anilines is 1. The zero-order valence-corrected chi connectivity index (χ0v) is 11.9.